The minimum absolute atomic E-state index is 0.173. The molecule has 17 heavy (non-hydrogen) atoms. The van der Waals surface area contributed by atoms with Crippen molar-refractivity contribution in [1.29, 1.82) is 0 Å². The standard InChI is InChI=1S/C13H20N2O2/c1-9(2)7-11(4)14-12-5-6-13(15(16)17)10(3)8-12/h5-6,8-9,11,14H,7H2,1-4H3. The summed E-state index contributed by atoms with van der Waals surface area (Å²) >= 11 is 0. The molecule has 0 aliphatic heterocycles. The molecule has 0 heterocycles. The lowest BCUT2D eigenvalue weighted by atomic mass is 10.0. The molecule has 1 rings (SSSR count). The van der Waals surface area contributed by atoms with E-state index < -0.39 is 0 Å². The Kier molecular flexibility index (Phi) is 4.49. The number of nitro benzene ring substituents is 1. The number of nitrogens with one attached hydrogen (secondary N) is 1. The molecular weight excluding hydrogens is 216 g/mol. The molecule has 0 aliphatic carbocycles. The van der Waals surface area contributed by atoms with E-state index >= 15 is 0 Å². The molecule has 1 aromatic carbocycles. The van der Waals surface area contributed by atoms with Crippen LogP contribution in [-0.4, -0.2) is 11.0 Å². The molecule has 0 amide bonds. The molecule has 0 aliphatic rings. The summed E-state index contributed by atoms with van der Waals surface area (Å²) in [5, 5.41) is 14.0. The Morgan fingerprint density at radius 1 is 1.35 bits per heavy atom. The third-order valence-electron chi connectivity index (χ3n) is 2.63. The van der Waals surface area contributed by atoms with Crippen LogP contribution < -0.4 is 5.32 Å². The summed E-state index contributed by atoms with van der Waals surface area (Å²) in [6.45, 7) is 8.24. The average molecular weight is 236 g/mol. The second kappa shape index (κ2) is 5.66. The topological polar surface area (TPSA) is 55.2 Å². The minimum atomic E-state index is -0.351. The normalized spacial score (nSPS) is 12.5. The van der Waals surface area contributed by atoms with Gasteiger partial charge in [0.25, 0.3) is 5.69 Å². The number of rotatable bonds is 5. The van der Waals surface area contributed by atoms with Crippen LogP contribution in [0.25, 0.3) is 0 Å². The van der Waals surface area contributed by atoms with Crippen molar-refractivity contribution < 1.29 is 4.92 Å². The van der Waals surface area contributed by atoms with Crippen molar-refractivity contribution in [3.63, 3.8) is 0 Å². The third kappa shape index (κ3) is 4.06. The predicted octanol–water partition coefficient (Wildman–Crippen LogP) is 3.75. The smallest absolute Gasteiger partial charge is 0.272 e. The van der Waals surface area contributed by atoms with Crippen molar-refractivity contribution >= 4 is 11.4 Å². The monoisotopic (exact) mass is 236 g/mol. The molecule has 4 nitrogen and oxygen atoms in total. The fourth-order valence-electron chi connectivity index (χ4n) is 2.00. The van der Waals surface area contributed by atoms with E-state index in [1.807, 2.05) is 6.07 Å². The van der Waals surface area contributed by atoms with Gasteiger partial charge in [0.2, 0.25) is 0 Å². The van der Waals surface area contributed by atoms with Gasteiger partial charge in [-0.3, -0.25) is 10.1 Å². The Hall–Kier alpha value is -1.58. The van der Waals surface area contributed by atoms with Gasteiger partial charge in [0.15, 0.2) is 0 Å². The first kappa shape index (κ1) is 13.5. The van der Waals surface area contributed by atoms with Crippen molar-refractivity contribution in [3.8, 4) is 0 Å². The summed E-state index contributed by atoms with van der Waals surface area (Å²) in [5.41, 5.74) is 1.81. The van der Waals surface area contributed by atoms with Crippen molar-refractivity contribution in [2.45, 2.75) is 40.2 Å². The molecular formula is C13H20N2O2. The van der Waals surface area contributed by atoms with Crippen LogP contribution >= 0.6 is 0 Å². The van der Waals surface area contributed by atoms with E-state index in [1.54, 1.807) is 19.1 Å². The van der Waals surface area contributed by atoms with Crippen molar-refractivity contribution in [3.05, 3.63) is 33.9 Å². The van der Waals surface area contributed by atoms with Crippen molar-refractivity contribution in [2.75, 3.05) is 5.32 Å². The highest BCUT2D eigenvalue weighted by Crippen LogP contribution is 2.22. The lowest BCUT2D eigenvalue weighted by molar-refractivity contribution is -0.385. The van der Waals surface area contributed by atoms with Gasteiger partial charge in [0.05, 0.1) is 4.92 Å². The molecule has 0 aromatic heterocycles. The highest BCUT2D eigenvalue weighted by Gasteiger charge is 2.11. The molecule has 0 saturated heterocycles. The first-order valence-corrected chi connectivity index (χ1v) is 5.91. The maximum absolute atomic E-state index is 10.7. The van der Waals surface area contributed by atoms with E-state index in [0.29, 0.717) is 17.5 Å². The first-order valence-electron chi connectivity index (χ1n) is 5.91. The van der Waals surface area contributed by atoms with Crippen LogP contribution in [0.1, 0.15) is 32.8 Å². The highest BCUT2D eigenvalue weighted by molar-refractivity contribution is 5.53. The van der Waals surface area contributed by atoms with E-state index in [0.717, 1.165) is 12.1 Å². The van der Waals surface area contributed by atoms with Gasteiger partial charge < -0.3 is 5.32 Å². The lowest BCUT2D eigenvalue weighted by Gasteiger charge is -2.17. The fraction of sp³-hybridized carbons (Fsp3) is 0.538. The van der Waals surface area contributed by atoms with Crippen molar-refractivity contribution in [2.24, 2.45) is 5.92 Å². The summed E-state index contributed by atoms with van der Waals surface area (Å²) < 4.78 is 0. The van der Waals surface area contributed by atoms with Crippen LogP contribution in [0.4, 0.5) is 11.4 Å². The summed E-state index contributed by atoms with van der Waals surface area (Å²) in [7, 11) is 0. The summed E-state index contributed by atoms with van der Waals surface area (Å²) in [6, 6.07) is 5.52. The lowest BCUT2D eigenvalue weighted by Crippen LogP contribution is -2.17. The molecule has 1 atom stereocenters. The summed E-state index contributed by atoms with van der Waals surface area (Å²) in [6.07, 6.45) is 1.08. The van der Waals surface area contributed by atoms with Gasteiger partial charge in [0, 0.05) is 23.4 Å². The number of hydrogen-bond acceptors (Lipinski definition) is 3. The van der Waals surface area contributed by atoms with Gasteiger partial charge in [-0.1, -0.05) is 13.8 Å². The summed E-state index contributed by atoms with van der Waals surface area (Å²) in [4.78, 5) is 10.3. The SMILES string of the molecule is Cc1cc(NC(C)CC(C)C)ccc1[N+](=O)[O-]. The molecule has 0 bridgehead atoms. The van der Waals surface area contributed by atoms with Crippen LogP contribution in [0.5, 0.6) is 0 Å². The van der Waals surface area contributed by atoms with Crippen LogP contribution in [0.2, 0.25) is 0 Å². The van der Waals surface area contributed by atoms with Crippen LogP contribution in [-0.2, 0) is 0 Å². The fourth-order valence-corrected chi connectivity index (χ4v) is 2.00. The molecule has 0 fully saturated rings. The van der Waals surface area contributed by atoms with Gasteiger partial charge in [-0.25, -0.2) is 0 Å². The molecule has 0 saturated carbocycles. The van der Waals surface area contributed by atoms with Gasteiger partial charge in [-0.2, -0.15) is 0 Å². The maximum atomic E-state index is 10.7. The van der Waals surface area contributed by atoms with Gasteiger partial charge in [-0.15, -0.1) is 0 Å². The number of nitrogens with zero attached hydrogens (tertiary/aromatic N) is 1. The Bertz CT molecular complexity index is 402. The number of benzene rings is 1. The van der Waals surface area contributed by atoms with Crippen LogP contribution in [0, 0.1) is 23.0 Å². The number of nitro groups is 1. The molecule has 0 radical (unpaired) electrons. The zero-order valence-electron chi connectivity index (χ0n) is 10.9. The van der Waals surface area contributed by atoms with E-state index in [4.69, 9.17) is 0 Å². The quantitative estimate of drug-likeness (QED) is 0.625. The number of hydrogen-bond donors (Lipinski definition) is 1. The third-order valence-corrected chi connectivity index (χ3v) is 2.63. The first-order chi connectivity index (χ1) is 7.90. The molecule has 1 unspecified atom stereocenters. The second-order valence-electron chi connectivity index (χ2n) is 4.93. The molecule has 1 N–H and O–H groups in total. The molecule has 4 heteroatoms. The second-order valence-corrected chi connectivity index (χ2v) is 4.93. The zero-order valence-corrected chi connectivity index (χ0v) is 10.9. The van der Waals surface area contributed by atoms with E-state index in [9.17, 15) is 10.1 Å². The average Bonchev–Trinajstić information content (AvgIpc) is 2.15. The number of aryl methyl sites for hydroxylation is 1. The van der Waals surface area contributed by atoms with Gasteiger partial charge in [0.1, 0.15) is 0 Å². The van der Waals surface area contributed by atoms with Gasteiger partial charge >= 0.3 is 0 Å². The van der Waals surface area contributed by atoms with E-state index in [2.05, 4.69) is 26.1 Å². The predicted molar refractivity (Wildman–Crippen MR) is 70.4 cm³/mol. The zero-order chi connectivity index (χ0) is 13.0. The Balaban J connectivity index is 2.74. The Morgan fingerprint density at radius 3 is 2.47 bits per heavy atom. The van der Waals surface area contributed by atoms with Crippen LogP contribution in [0.3, 0.4) is 0 Å². The number of anilines is 1. The van der Waals surface area contributed by atoms with Crippen molar-refractivity contribution in [1.82, 2.24) is 0 Å². The Labute approximate surface area is 102 Å². The molecule has 94 valence electrons. The van der Waals surface area contributed by atoms with E-state index in [-0.39, 0.29) is 10.6 Å². The Morgan fingerprint density at radius 2 is 2.00 bits per heavy atom. The highest BCUT2D eigenvalue weighted by atomic mass is 16.6. The van der Waals surface area contributed by atoms with Gasteiger partial charge in [-0.05, 0) is 38.3 Å². The minimum Gasteiger partial charge on any atom is -0.383 e. The largest absolute Gasteiger partial charge is 0.383 e. The summed E-state index contributed by atoms with van der Waals surface area (Å²) in [5.74, 6) is 0.636. The molecule has 1 aromatic rings. The van der Waals surface area contributed by atoms with Crippen LogP contribution in [0.15, 0.2) is 18.2 Å². The molecule has 0 spiro atoms. The van der Waals surface area contributed by atoms with E-state index in [1.165, 1.54) is 0 Å². The maximum Gasteiger partial charge on any atom is 0.272 e.